The first-order chi connectivity index (χ1) is 15.3. The Morgan fingerprint density at radius 3 is 2.39 bits per heavy atom. The normalized spacial score (nSPS) is 12.7. The fourth-order valence-corrected chi connectivity index (χ4v) is 4.94. The zero-order valence-corrected chi connectivity index (χ0v) is 19.1. The van der Waals surface area contributed by atoms with Gasteiger partial charge in [0.1, 0.15) is 4.90 Å². The molecule has 13 nitrogen and oxygen atoms in total. The number of anilines is 2. The number of hydrogen-bond acceptors (Lipinski definition) is 11. The van der Waals surface area contributed by atoms with Gasteiger partial charge in [-0.2, -0.15) is 21.9 Å². The van der Waals surface area contributed by atoms with E-state index in [1.165, 1.54) is 18.3 Å². The summed E-state index contributed by atoms with van der Waals surface area (Å²) in [5, 5.41) is 12.5. The van der Waals surface area contributed by atoms with Crippen molar-refractivity contribution in [1.29, 1.82) is 0 Å². The first-order valence-electron chi connectivity index (χ1n) is 8.87. The zero-order chi connectivity index (χ0) is 24.1. The molecule has 2 aromatic heterocycles. The molecule has 0 aliphatic carbocycles. The Morgan fingerprint density at radius 2 is 1.73 bits per heavy atom. The Labute approximate surface area is 190 Å². The molecule has 172 valence electrons. The Bertz CT molecular complexity index is 1660. The van der Waals surface area contributed by atoms with E-state index in [2.05, 4.69) is 20.3 Å². The molecule has 0 saturated carbocycles. The molecule has 0 saturated heterocycles. The third-order valence-corrected chi connectivity index (χ3v) is 7.09. The van der Waals surface area contributed by atoms with Crippen molar-refractivity contribution < 1.29 is 25.9 Å². The van der Waals surface area contributed by atoms with E-state index < -0.39 is 35.7 Å². The van der Waals surface area contributed by atoms with Crippen LogP contribution < -0.4 is 11.5 Å². The summed E-state index contributed by atoms with van der Waals surface area (Å²) >= 11 is 1.23. The van der Waals surface area contributed by atoms with Crippen molar-refractivity contribution in [2.45, 2.75) is 16.7 Å². The van der Waals surface area contributed by atoms with Crippen LogP contribution in [0.5, 0.6) is 0 Å². The lowest BCUT2D eigenvalue weighted by Crippen LogP contribution is -2.11. The second-order valence-electron chi connectivity index (χ2n) is 6.73. The Kier molecular flexibility index (Phi) is 5.41. The van der Waals surface area contributed by atoms with Crippen molar-refractivity contribution in [3.63, 3.8) is 0 Å². The topological polar surface area (TPSA) is 216 Å². The number of aryl methyl sites for hydroxylation is 1. The number of nitrogen functional groups attached to an aromatic ring is 2. The standard InChI is InChI=1S/C17H15N7O6S3/c1-8-15(21-22-17-20-11-4-2-9(18)6-13(11)31-17)16(19)24(23-8)12-7-10(32(25,26)27)3-5-14(12)33(28,29)30/h2-7H,18-19H2,1H3,(H,25,26,27)(H,28,29,30)/b22-21+. The van der Waals surface area contributed by atoms with E-state index in [1.54, 1.807) is 18.2 Å². The van der Waals surface area contributed by atoms with Crippen molar-refractivity contribution in [3.05, 3.63) is 42.1 Å². The molecule has 6 N–H and O–H groups in total. The van der Waals surface area contributed by atoms with Gasteiger partial charge in [-0.3, -0.25) is 9.11 Å². The molecular formula is C17H15N7O6S3. The highest BCUT2D eigenvalue weighted by Gasteiger charge is 2.24. The molecule has 0 amide bonds. The summed E-state index contributed by atoms with van der Waals surface area (Å²) in [7, 11) is -9.49. The van der Waals surface area contributed by atoms with Crippen molar-refractivity contribution in [1.82, 2.24) is 14.8 Å². The molecule has 0 aliphatic heterocycles. The SMILES string of the molecule is Cc1nn(-c2cc(S(=O)(=O)O)ccc2S(=O)(=O)O)c(N)c1/N=N/c1nc2ccc(N)cc2s1. The van der Waals surface area contributed by atoms with Gasteiger partial charge in [-0.05, 0) is 43.3 Å². The number of azo groups is 1. The molecule has 0 spiro atoms. The summed E-state index contributed by atoms with van der Waals surface area (Å²) in [6, 6.07) is 7.59. The second-order valence-corrected chi connectivity index (χ2v) is 10.6. The highest BCUT2D eigenvalue weighted by molar-refractivity contribution is 7.86. The van der Waals surface area contributed by atoms with Crippen LogP contribution in [0.4, 0.5) is 22.3 Å². The van der Waals surface area contributed by atoms with E-state index in [1.807, 2.05) is 0 Å². The molecule has 4 aromatic rings. The Morgan fingerprint density at radius 1 is 1.00 bits per heavy atom. The lowest BCUT2D eigenvalue weighted by Gasteiger charge is -2.10. The summed E-state index contributed by atoms with van der Waals surface area (Å²) in [5.41, 5.74) is 13.0. The van der Waals surface area contributed by atoms with Crippen LogP contribution in [0.15, 0.2) is 56.4 Å². The second kappa shape index (κ2) is 7.85. The van der Waals surface area contributed by atoms with E-state index in [4.69, 9.17) is 11.5 Å². The van der Waals surface area contributed by atoms with E-state index in [0.29, 0.717) is 16.3 Å². The van der Waals surface area contributed by atoms with Gasteiger partial charge in [-0.1, -0.05) is 11.3 Å². The molecule has 0 unspecified atom stereocenters. The highest BCUT2D eigenvalue weighted by atomic mass is 32.2. The molecule has 0 radical (unpaired) electrons. The van der Waals surface area contributed by atoms with E-state index in [0.717, 1.165) is 27.6 Å². The van der Waals surface area contributed by atoms with Gasteiger partial charge in [0, 0.05) is 5.69 Å². The van der Waals surface area contributed by atoms with Gasteiger partial charge in [-0.25, -0.2) is 9.67 Å². The first-order valence-corrected chi connectivity index (χ1v) is 12.6. The number of hydrogen-bond donors (Lipinski definition) is 4. The molecule has 2 heterocycles. The number of aromatic nitrogens is 3. The minimum atomic E-state index is -4.80. The van der Waals surface area contributed by atoms with Gasteiger partial charge in [0.05, 0.1) is 26.5 Å². The van der Waals surface area contributed by atoms with E-state index >= 15 is 0 Å². The van der Waals surface area contributed by atoms with Crippen LogP contribution in [0.25, 0.3) is 15.9 Å². The monoisotopic (exact) mass is 509 g/mol. The van der Waals surface area contributed by atoms with Gasteiger partial charge in [0.2, 0.25) is 5.13 Å². The maximum atomic E-state index is 11.8. The molecule has 2 aromatic carbocycles. The Balaban J connectivity index is 1.83. The molecule has 16 heteroatoms. The quantitative estimate of drug-likeness (QED) is 0.175. The third-order valence-electron chi connectivity index (χ3n) is 4.43. The summed E-state index contributed by atoms with van der Waals surface area (Å²) in [6.07, 6.45) is 0. The predicted octanol–water partition coefficient (Wildman–Crippen LogP) is 2.86. The van der Waals surface area contributed by atoms with Crippen LogP contribution in [-0.2, 0) is 20.2 Å². The number of thiazole rings is 1. The minimum absolute atomic E-state index is 0.0623. The summed E-state index contributed by atoms with van der Waals surface area (Å²) in [5.74, 6) is -0.195. The molecule has 33 heavy (non-hydrogen) atoms. The molecule has 0 atom stereocenters. The zero-order valence-electron chi connectivity index (χ0n) is 16.6. The van der Waals surface area contributed by atoms with Crippen molar-refractivity contribution in [3.8, 4) is 5.69 Å². The van der Waals surface area contributed by atoms with E-state index in [9.17, 15) is 25.9 Å². The minimum Gasteiger partial charge on any atom is -0.399 e. The molecule has 0 fully saturated rings. The maximum Gasteiger partial charge on any atom is 0.296 e. The van der Waals surface area contributed by atoms with Gasteiger partial charge >= 0.3 is 0 Å². The van der Waals surface area contributed by atoms with Gasteiger partial charge in [-0.15, -0.1) is 10.2 Å². The third kappa shape index (κ3) is 4.41. The van der Waals surface area contributed by atoms with Crippen molar-refractivity contribution >= 4 is 64.1 Å². The molecule has 4 rings (SSSR count). The number of nitrogens with zero attached hydrogens (tertiary/aromatic N) is 5. The summed E-state index contributed by atoms with van der Waals surface area (Å²) in [6.45, 7) is 1.51. The smallest absolute Gasteiger partial charge is 0.296 e. The van der Waals surface area contributed by atoms with Gasteiger partial charge in [0.25, 0.3) is 20.2 Å². The lowest BCUT2D eigenvalue weighted by atomic mass is 10.3. The van der Waals surface area contributed by atoms with Crippen LogP contribution in [-0.4, -0.2) is 40.7 Å². The Hall–Kier alpha value is -3.44. The number of benzene rings is 2. The fourth-order valence-electron chi connectivity index (χ4n) is 2.95. The number of rotatable bonds is 5. The highest BCUT2D eigenvalue weighted by Crippen LogP contribution is 2.35. The van der Waals surface area contributed by atoms with Crippen LogP contribution in [0, 0.1) is 6.92 Å². The first kappa shape index (κ1) is 22.7. The largest absolute Gasteiger partial charge is 0.399 e. The van der Waals surface area contributed by atoms with Crippen LogP contribution in [0.2, 0.25) is 0 Å². The maximum absolute atomic E-state index is 11.8. The molecule has 0 bridgehead atoms. The lowest BCUT2D eigenvalue weighted by molar-refractivity contribution is 0.477. The predicted molar refractivity (Wildman–Crippen MR) is 121 cm³/mol. The van der Waals surface area contributed by atoms with Crippen LogP contribution in [0.3, 0.4) is 0 Å². The summed E-state index contributed by atoms with van der Waals surface area (Å²) < 4.78 is 67.2. The number of fused-ring (bicyclic) bond motifs is 1. The van der Waals surface area contributed by atoms with E-state index in [-0.39, 0.29) is 17.2 Å². The van der Waals surface area contributed by atoms with Crippen LogP contribution >= 0.6 is 11.3 Å². The molecular weight excluding hydrogens is 494 g/mol. The average Bonchev–Trinajstić information content (AvgIpc) is 3.24. The fraction of sp³-hybridized carbons (Fsp3) is 0.0588. The average molecular weight is 510 g/mol. The number of nitrogens with two attached hydrogens (primary N) is 2. The van der Waals surface area contributed by atoms with Crippen molar-refractivity contribution in [2.24, 2.45) is 10.2 Å². The molecule has 0 aliphatic rings. The summed E-state index contributed by atoms with van der Waals surface area (Å²) in [4.78, 5) is 2.99. The van der Waals surface area contributed by atoms with Crippen molar-refractivity contribution in [2.75, 3.05) is 11.5 Å². The van der Waals surface area contributed by atoms with Gasteiger partial charge in [0.15, 0.2) is 11.5 Å². The van der Waals surface area contributed by atoms with Gasteiger partial charge < -0.3 is 11.5 Å². The van der Waals surface area contributed by atoms with Crippen LogP contribution in [0.1, 0.15) is 5.69 Å².